The van der Waals surface area contributed by atoms with Gasteiger partial charge >= 0.3 is 0 Å². The van der Waals surface area contributed by atoms with Crippen LogP contribution in [0.3, 0.4) is 0 Å². The molecule has 2 aromatic rings. The van der Waals surface area contributed by atoms with E-state index in [9.17, 15) is 17.6 Å². The molecule has 0 spiro atoms. The molecule has 0 fully saturated rings. The molecule has 2 rings (SSSR count). The fraction of sp³-hybridized carbons (Fsp3) is 0.300. The molecule has 140 valence electrons. The fourth-order valence-electron chi connectivity index (χ4n) is 2.40. The Labute approximate surface area is 150 Å². The summed E-state index contributed by atoms with van der Waals surface area (Å²) in [6, 6.07) is 6.86. The van der Waals surface area contributed by atoms with Gasteiger partial charge in [0.1, 0.15) is 18.6 Å². The molecule has 0 saturated carbocycles. The van der Waals surface area contributed by atoms with Crippen LogP contribution in [-0.4, -0.2) is 19.4 Å². The standard InChI is InChI=1S/C20H20F4O2/c1-3-5-13-6-7-14(16(22)10-13)11-15(21)12-26-18-9-8-17(25-4-2)19(23)20(18)24/h3,5-10,15H,4,11-12H2,1-2H3. The Balaban J connectivity index is 1.99. The van der Waals surface area contributed by atoms with Gasteiger partial charge in [0.2, 0.25) is 11.6 Å². The van der Waals surface area contributed by atoms with E-state index in [1.54, 1.807) is 25.1 Å². The lowest BCUT2D eigenvalue weighted by Gasteiger charge is -2.13. The Kier molecular flexibility index (Phi) is 7.06. The van der Waals surface area contributed by atoms with Gasteiger partial charge in [0.15, 0.2) is 11.5 Å². The molecule has 1 unspecified atom stereocenters. The van der Waals surface area contributed by atoms with Crippen molar-refractivity contribution in [1.29, 1.82) is 0 Å². The van der Waals surface area contributed by atoms with Crippen LogP contribution in [0.5, 0.6) is 11.5 Å². The maximum absolute atomic E-state index is 14.1. The number of benzene rings is 2. The molecule has 0 radical (unpaired) electrons. The molecule has 0 bridgehead atoms. The van der Waals surface area contributed by atoms with E-state index in [0.717, 1.165) is 0 Å². The summed E-state index contributed by atoms with van der Waals surface area (Å²) in [5, 5.41) is 0. The average Bonchev–Trinajstić information content (AvgIpc) is 2.61. The third-order valence-corrected chi connectivity index (χ3v) is 3.61. The molecule has 1 atom stereocenters. The molecule has 6 heteroatoms. The first-order chi connectivity index (χ1) is 12.5. The van der Waals surface area contributed by atoms with E-state index in [0.29, 0.717) is 5.56 Å². The van der Waals surface area contributed by atoms with E-state index in [1.165, 1.54) is 24.3 Å². The van der Waals surface area contributed by atoms with Gasteiger partial charge in [-0.2, -0.15) is 8.78 Å². The topological polar surface area (TPSA) is 18.5 Å². The normalized spacial score (nSPS) is 12.4. The predicted molar refractivity (Wildman–Crippen MR) is 92.7 cm³/mol. The van der Waals surface area contributed by atoms with Crippen molar-refractivity contribution in [2.45, 2.75) is 26.4 Å². The summed E-state index contributed by atoms with van der Waals surface area (Å²) >= 11 is 0. The molecule has 2 aromatic carbocycles. The van der Waals surface area contributed by atoms with Crippen molar-refractivity contribution in [2.24, 2.45) is 0 Å². The lowest BCUT2D eigenvalue weighted by molar-refractivity contribution is 0.186. The zero-order valence-corrected chi connectivity index (χ0v) is 14.6. The van der Waals surface area contributed by atoms with E-state index < -0.39 is 36.0 Å². The first kappa shape index (κ1) is 19.8. The number of ether oxygens (including phenoxy) is 2. The minimum atomic E-state index is -1.58. The van der Waals surface area contributed by atoms with Crippen LogP contribution in [0.1, 0.15) is 25.0 Å². The molecule has 0 aliphatic carbocycles. The van der Waals surface area contributed by atoms with Crippen LogP contribution in [-0.2, 0) is 6.42 Å². The van der Waals surface area contributed by atoms with Gasteiger partial charge in [-0.15, -0.1) is 0 Å². The smallest absolute Gasteiger partial charge is 0.204 e. The van der Waals surface area contributed by atoms with Gasteiger partial charge in [-0.25, -0.2) is 8.78 Å². The summed E-state index contributed by atoms with van der Waals surface area (Å²) in [6.45, 7) is 3.10. The molecule has 2 nitrogen and oxygen atoms in total. The van der Waals surface area contributed by atoms with E-state index in [4.69, 9.17) is 9.47 Å². The van der Waals surface area contributed by atoms with Crippen LogP contribution in [0.15, 0.2) is 36.4 Å². The van der Waals surface area contributed by atoms with Crippen molar-refractivity contribution < 1.29 is 27.0 Å². The monoisotopic (exact) mass is 368 g/mol. The van der Waals surface area contributed by atoms with Crippen molar-refractivity contribution in [1.82, 2.24) is 0 Å². The summed E-state index contributed by atoms with van der Waals surface area (Å²) in [7, 11) is 0. The zero-order chi connectivity index (χ0) is 19.1. The van der Waals surface area contributed by atoms with Crippen LogP contribution in [0, 0.1) is 17.5 Å². The van der Waals surface area contributed by atoms with Gasteiger partial charge in [-0.1, -0.05) is 24.3 Å². The number of hydrogen-bond donors (Lipinski definition) is 0. The molecule has 0 heterocycles. The van der Waals surface area contributed by atoms with Crippen LogP contribution in [0.25, 0.3) is 6.08 Å². The molecular weight excluding hydrogens is 348 g/mol. The lowest BCUT2D eigenvalue weighted by atomic mass is 10.1. The van der Waals surface area contributed by atoms with Gasteiger partial charge in [0, 0.05) is 6.42 Å². The van der Waals surface area contributed by atoms with E-state index in [-0.39, 0.29) is 24.3 Å². The van der Waals surface area contributed by atoms with Crippen LogP contribution >= 0.6 is 0 Å². The van der Waals surface area contributed by atoms with Crippen LogP contribution < -0.4 is 9.47 Å². The molecule has 0 amide bonds. The number of allylic oxidation sites excluding steroid dienone is 1. The maximum atomic E-state index is 14.1. The largest absolute Gasteiger partial charge is 0.491 e. The summed E-state index contributed by atoms with van der Waals surface area (Å²) in [4.78, 5) is 0. The highest BCUT2D eigenvalue weighted by Gasteiger charge is 2.18. The average molecular weight is 368 g/mol. The SMILES string of the molecule is CC=Cc1ccc(CC(F)COc2ccc(OCC)c(F)c2F)c(F)c1. The van der Waals surface area contributed by atoms with E-state index in [1.807, 2.05) is 6.92 Å². The van der Waals surface area contributed by atoms with Crippen molar-refractivity contribution in [2.75, 3.05) is 13.2 Å². The lowest BCUT2D eigenvalue weighted by Crippen LogP contribution is -2.17. The Morgan fingerprint density at radius 2 is 1.65 bits per heavy atom. The summed E-state index contributed by atoms with van der Waals surface area (Å²) in [5.74, 6) is -3.62. The van der Waals surface area contributed by atoms with E-state index >= 15 is 0 Å². The van der Waals surface area contributed by atoms with E-state index in [2.05, 4.69) is 0 Å². The van der Waals surface area contributed by atoms with Crippen molar-refractivity contribution in [3.05, 3.63) is 65.0 Å². The highest BCUT2D eigenvalue weighted by Crippen LogP contribution is 2.28. The minimum absolute atomic E-state index is 0.182. The number of hydrogen-bond acceptors (Lipinski definition) is 2. The molecular formula is C20H20F4O2. The molecule has 0 aromatic heterocycles. The van der Waals surface area contributed by atoms with Gasteiger partial charge in [-0.05, 0) is 43.2 Å². The van der Waals surface area contributed by atoms with Crippen LogP contribution in [0.2, 0.25) is 0 Å². The highest BCUT2D eigenvalue weighted by atomic mass is 19.2. The predicted octanol–water partition coefficient (Wildman–Crippen LogP) is 5.50. The highest BCUT2D eigenvalue weighted by molar-refractivity contribution is 5.49. The molecule has 26 heavy (non-hydrogen) atoms. The first-order valence-corrected chi connectivity index (χ1v) is 8.25. The van der Waals surface area contributed by atoms with Crippen molar-refractivity contribution in [3.63, 3.8) is 0 Å². The van der Waals surface area contributed by atoms with Gasteiger partial charge in [0.05, 0.1) is 6.61 Å². The molecule has 0 aliphatic rings. The third-order valence-electron chi connectivity index (χ3n) is 3.61. The second kappa shape index (κ2) is 9.27. The second-order valence-electron chi connectivity index (χ2n) is 5.59. The number of rotatable bonds is 8. The third kappa shape index (κ3) is 5.00. The fourth-order valence-corrected chi connectivity index (χ4v) is 2.40. The number of alkyl halides is 1. The number of halogens is 4. The quantitative estimate of drug-likeness (QED) is 0.573. The van der Waals surface area contributed by atoms with Crippen molar-refractivity contribution in [3.8, 4) is 11.5 Å². The Morgan fingerprint density at radius 3 is 2.23 bits per heavy atom. The summed E-state index contributed by atoms with van der Waals surface area (Å²) in [5.41, 5.74) is 0.861. The Bertz CT molecular complexity index is 775. The first-order valence-electron chi connectivity index (χ1n) is 8.25. The van der Waals surface area contributed by atoms with Crippen molar-refractivity contribution >= 4 is 6.08 Å². The second-order valence-corrected chi connectivity index (χ2v) is 5.59. The zero-order valence-electron chi connectivity index (χ0n) is 14.6. The minimum Gasteiger partial charge on any atom is -0.491 e. The van der Waals surface area contributed by atoms with Gasteiger partial charge < -0.3 is 9.47 Å². The molecule has 0 aliphatic heterocycles. The summed E-state index contributed by atoms with van der Waals surface area (Å²) < 4.78 is 65.6. The molecule has 0 saturated heterocycles. The Morgan fingerprint density at radius 1 is 1.00 bits per heavy atom. The van der Waals surface area contributed by atoms with Crippen LogP contribution in [0.4, 0.5) is 17.6 Å². The maximum Gasteiger partial charge on any atom is 0.204 e. The van der Waals surface area contributed by atoms with Gasteiger partial charge in [0.25, 0.3) is 0 Å². The molecule has 0 N–H and O–H groups in total. The summed E-state index contributed by atoms with van der Waals surface area (Å²) in [6.07, 6.45) is 1.69. The Hall–Kier alpha value is -2.50. The van der Waals surface area contributed by atoms with Gasteiger partial charge in [-0.3, -0.25) is 0 Å².